The van der Waals surface area contributed by atoms with Gasteiger partial charge in [0.15, 0.2) is 0 Å². The molecular weight excluding hydrogens is 474 g/mol. The number of benzene rings is 1. The lowest BCUT2D eigenvalue weighted by molar-refractivity contribution is 1.01. The second kappa shape index (κ2) is 9.52. The molecule has 0 radical (unpaired) electrons. The van der Waals surface area contributed by atoms with Gasteiger partial charge in [0.05, 0.1) is 0 Å². The number of pyridine rings is 3. The molecule has 0 saturated carbocycles. The van der Waals surface area contributed by atoms with Crippen molar-refractivity contribution in [3.8, 4) is 0 Å². The Morgan fingerprint density at radius 1 is 0.486 bits per heavy atom. The summed E-state index contributed by atoms with van der Waals surface area (Å²) in [6.07, 6.45) is 0. The average Bonchev–Trinajstić information content (AvgIpc) is 2.90. The van der Waals surface area contributed by atoms with E-state index in [9.17, 15) is 0 Å². The molecule has 1 aliphatic rings. The van der Waals surface area contributed by atoms with Gasteiger partial charge in [-0.1, -0.05) is 43.9 Å². The van der Waals surface area contributed by atoms with E-state index in [1.54, 1.807) is 0 Å². The Balaban J connectivity index is 1.77. The van der Waals surface area contributed by atoms with Gasteiger partial charge in [-0.2, -0.15) is 0 Å². The van der Waals surface area contributed by atoms with Gasteiger partial charge in [0.25, 0.3) is 0 Å². The molecular formula is C29H35N7Si. The molecule has 0 saturated heterocycles. The molecule has 7 nitrogen and oxygen atoms in total. The van der Waals surface area contributed by atoms with Gasteiger partial charge >= 0.3 is 0 Å². The van der Waals surface area contributed by atoms with Crippen LogP contribution in [0.25, 0.3) is 0 Å². The van der Waals surface area contributed by atoms with E-state index >= 15 is 0 Å². The van der Waals surface area contributed by atoms with Crippen LogP contribution in [-0.2, 0) is 6.04 Å². The van der Waals surface area contributed by atoms with Crippen molar-refractivity contribution in [1.29, 1.82) is 0 Å². The number of nitrogens with zero attached hydrogens (tertiary/aromatic N) is 7. The van der Waals surface area contributed by atoms with Crippen LogP contribution in [0.2, 0.25) is 19.6 Å². The molecule has 190 valence electrons. The van der Waals surface area contributed by atoms with E-state index in [1.807, 2.05) is 54.2 Å². The number of fused-ring (bicyclic) bond motifs is 8. The zero-order valence-corrected chi connectivity index (χ0v) is 23.8. The largest absolute Gasteiger partial charge is 0.329 e. The molecule has 3 aromatic heterocycles. The molecule has 0 aliphatic carbocycles. The number of hydrogen-bond donors (Lipinski definition) is 0. The minimum Gasteiger partial charge on any atom is -0.329 e. The van der Waals surface area contributed by atoms with Crippen LogP contribution in [-0.4, -0.2) is 51.2 Å². The lowest BCUT2D eigenvalue weighted by atomic mass is 10.1. The van der Waals surface area contributed by atoms with Gasteiger partial charge in [-0.25, -0.2) is 15.0 Å². The number of anilines is 8. The topological polar surface area (TPSA) is 51.6 Å². The molecule has 8 heteroatoms. The van der Waals surface area contributed by atoms with Crippen LogP contribution in [0.4, 0.5) is 46.3 Å². The van der Waals surface area contributed by atoms with Gasteiger partial charge in [0.2, 0.25) is 0 Å². The minimum atomic E-state index is -1.47. The van der Waals surface area contributed by atoms with Crippen LogP contribution < -0.4 is 19.6 Å². The van der Waals surface area contributed by atoms with Gasteiger partial charge < -0.3 is 19.6 Å². The number of rotatable bonds is 2. The second-order valence-electron chi connectivity index (χ2n) is 10.8. The maximum absolute atomic E-state index is 5.05. The van der Waals surface area contributed by atoms with Crippen molar-refractivity contribution in [3.05, 3.63) is 78.4 Å². The van der Waals surface area contributed by atoms with Crippen LogP contribution in [0.1, 0.15) is 5.56 Å². The summed E-state index contributed by atoms with van der Waals surface area (Å²) in [5.41, 5.74) is 3.66. The van der Waals surface area contributed by atoms with Crippen LogP contribution in [0.3, 0.4) is 0 Å². The molecule has 0 unspecified atom stereocenters. The molecule has 4 heterocycles. The van der Waals surface area contributed by atoms with Crippen molar-refractivity contribution in [2.24, 2.45) is 0 Å². The molecule has 0 amide bonds. The van der Waals surface area contributed by atoms with Crippen LogP contribution >= 0.6 is 0 Å². The second-order valence-corrected chi connectivity index (χ2v) is 16.3. The van der Waals surface area contributed by atoms with E-state index in [0.29, 0.717) is 0 Å². The molecule has 37 heavy (non-hydrogen) atoms. The maximum atomic E-state index is 5.05. The first-order chi connectivity index (χ1) is 17.6. The fraction of sp³-hybridized carbons (Fsp3) is 0.276. The fourth-order valence-electron chi connectivity index (χ4n) is 4.74. The molecule has 0 N–H and O–H groups in total. The van der Waals surface area contributed by atoms with Crippen molar-refractivity contribution in [3.63, 3.8) is 0 Å². The molecule has 0 fully saturated rings. The Hall–Kier alpha value is -3.91. The Morgan fingerprint density at radius 3 is 1.11 bits per heavy atom. The van der Waals surface area contributed by atoms with Crippen molar-refractivity contribution < 1.29 is 0 Å². The third-order valence-electron chi connectivity index (χ3n) is 6.78. The van der Waals surface area contributed by atoms with Crippen LogP contribution in [0, 0.1) is 0 Å². The smallest absolute Gasteiger partial charge is 0.136 e. The first kappa shape index (κ1) is 24.8. The Kier molecular flexibility index (Phi) is 6.37. The summed E-state index contributed by atoms with van der Waals surface area (Å²) in [5.74, 6) is 5.09. The minimum absolute atomic E-state index is 0.818. The monoisotopic (exact) mass is 509 g/mol. The van der Waals surface area contributed by atoms with Crippen LogP contribution in [0.5, 0.6) is 0 Å². The van der Waals surface area contributed by atoms with Gasteiger partial charge in [-0.05, 0) is 60.1 Å². The van der Waals surface area contributed by atoms with Crippen molar-refractivity contribution >= 4 is 54.4 Å². The lowest BCUT2D eigenvalue weighted by Crippen LogP contribution is -2.28. The molecule has 8 bridgehead atoms. The summed E-state index contributed by atoms with van der Waals surface area (Å²) in [6, 6.07) is 25.9. The zero-order chi connectivity index (χ0) is 26.3. The van der Waals surface area contributed by atoms with E-state index in [0.717, 1.165) is 41.0 Å². The zero-order valence-electron chi connectivity index (χ0n) is 22.8. The van der Waals surface area contributed by atoms with E-state index in [2.05, 4.69) is 86.0 Å². The van der Waals surface area contributed by atoms with Crippen molar-refractivity contribution in [1.82, 2.24) is 15.0 Å². The highest BCUT2D eigenvalue weighted by Crippen LogP contribution is 2.38. The molecule has 4 aromatic rings. The Labute approximate surface area is 221 Å². The summed E-state index contributed by atoms with van der Waals surface area (Å²) in [5, 5.41) is 0. The molecule has 5 rings (SSSR count). The summed E-state index contributed by atoms with van der Waals surface area (Å²) in [6.45, 7) is 7.26. The molecule has 1 aromatic carbocycles. The molecule has 1 aliphatic heterocycles. The Morgan fingerprint density at radius 2 is 0.784 bits per heavy atom. The van der Waals surface area contributed by atoms with Gasteiger partial charge in [0, 0.05) is 47.6 Å². The van der Waals surface area contributed by atoms with E-state index in [-0.39, 0.29) is 0 Å². The highest BCUT2D eigenvalue weighted by Gasteiger charge is 2.24. The van der Waals surface area contributed by atoms with Crippen LogP contribution in [0.15, 0.2) is 72.8 Å². The van der Waals surface area contributed by atoms with E-state index in [1.165, 1.54) is 16.9 Å². The highest BCUT2D eigenvalue weighted by atomic mass is 28.3. The van der Waals surface area contributed by atoms with Gasteiger partial charge in [-0.3, -0.25) is 0 Å². The first-order valence-corrected chi connectivity index (χ1v) is 16.3. The standard InChI is InChI=1S/C29H35N7Si/c1-33-22-12-8-13-23(21(22)20-37(5,6)7)34(2)25-15-10-17-27(31-25)36(4)29-19-11-18-28(32-29)35(3)26-16-9-14-24(33)30-26/h8-19H,20H2,1-7H3. The first-order valence-electron chi connectivity index (χ1n) is 12.6. The van der Waals surface area contributed by atoms with Gasteiger partial charge in [-0.15, -0.1) is 0 Å². The number of hydrogen-bond acceptors (Lipinski definition) is 7. The predicted molar refractivity (Wildman–Crippen MR) is 158 cm³/mol. The third kappa shape index (κ3) is 4.89. The Bertz CT molecular complexity index is 1340. The van der Waals surface area contributed by atoms with Crippen molar-refractivity contribution in [2.75, 3.05) is 47.8 Å². The molecule has 0 spiro atoms. The summed E-state index contributed by atoms with van der Waals surface area (Å²) >= 11 is 0. The maximum Gasteiger partial charge on any atom is 0.136 e. The SMILES string of the molecule is CN1c2cccc(n2)N(C)c2cccc(n2)N(C)c2cccc(c2C[Si](C)(C)C)N(C)c2cccc1n2. The average molecular weight is 510 g/mol. The molecule has 0 atom stereocenters. The summed E-state index contributed by atoms with van der Waals surface area (Å²) in [4.78, 5) is 23.5. The lowest BCUT2D eigenvalue weighted by Gasteiger charge is -2.31. The highest BCUT2D eigenvalue weighted by molar-refractivity contribution is 6.75. The quantitative estimate of drug-likeness (QED) is 0.280. The van der Waals surface area contributed by atoms with Crippen molar-refractivity contribution in [2.45, 2.75) is 25.7 Å². The predicted octanol–water partition coefficient (Wildman–Crippen LogP) is 6.68. The summed E-state index contributed by atoms with van der Waals surface area (Å²) < 4.78 is 0. The number of aromatic nitrogens is 3. The fourth-order valence-corrected chi connectivity index (χ4v) is 6.16. The normalized spacial score (nSPS) is 13.7. The third-order valence-corrected chi connectivity index (χ3v) is 8.19. The van der Waals surface area contributed by atoms with E-state index in [4.69, 9.17) is 15.0 Å². The van der Waals surface area contributed by atoms with Gasteiger partial charge in [0.1, 0.15) is 34.9 Å². The van der Waals surface area contributed by atoms with E-state index < -0.39 is 8.07 Å². The summed E-state index contributed by atoms with van der Waals surface area (Å²) in [7, 11) is 6.76.